The lowest BCUT2D eigenvalue weighted by Crippen LogP contribution is -2.14. The highest BCUT2D eigenvalue weighted by atomic mass is 79.9. The van der Waals surface area contributed by atoms with Crippen LogP contribution in [0.2, 0.25) is 0 Å². The van der Waals surface area contributed by atoms with Gasteiger partial charge in [0.15, 0.2) is 0 Å². The van der Waals surface area contributed by atoms with Crippen LogP contribution in [-0.4, -0.2) is 5.91 Å². The monoisotopic (exact) mass is 468 g/mol. The second kappa shape index (κ2) is 7.86. The summed E-state index contributed by atoms with van der Waals surface area (Å²) in [6.07, 6.45) is 1.62. The van der Waals surface area contributed by atoms with Crippen LogP contribution in [-0.2, 0) is 4.79 Å². The number of aryl methyl sites for hydroxylation is 1. The normalized spacial score (nSPS) is 11.2. The summed E-state index contributed by atoms with van der Waals surface area (Å²) in [5, 5.41) is 14.3. The molecular formula is C21H14Br2N2O. The fourth-order valence-corrected chi connectivity index (χ4v) is 4.29. The summed E-state index contributed by atoms with van der Waals surface area (Å²) in [5.41, 5.74) is 2.52. The highest BCUT2D eigenvalue weighted by Gasteiger charge is 2.14. The minimum absolute atomic E-state index is 0.0423. The first-order chi connectivity index (χ1) is 12.5. The molecule has 3 aromatic rings. The molecule has 0 aromatic heterocycles. The van der Waals surface area contributed by atoms with Gasteiger partial charge >= 0.3 is 0 Å². The SMILES string of the molecule is Cc1cc(Br)c(NC(=O)/C(C#N)=C/c2cccc3ccccc23)c(Br)c1. The molecule has 0 spiro atoms. The van der Waals surface area contributed by atoms with Crippen molar-refractivity contribution in [2.75, 3.05) is 5.32 Å². The number of nitriles is 1. The largest absolute Gasteiger partial charge is 0.319 e. The van der Waals surface area contributed by atoms with Gasteiger partial charge in [-0.2, -0.15) is 5.26 Å². The fourth-order valence-electron chi connectivity index (χ4n) is 2.68. The molecule has 5 heteroatoms. The van der Waals surface area contributed by atoms with E-state index in [0.717, 1.165) is 30.8 Å². The van der Waals surface area contributed by atoms with Gasteiger partial charge in [-0.3, -0.25) is 4.79 Å². The molecule has 1 amide bonds. The molecule has 3 aromatic carbocycles. The molecule has 128 valence electrons. The third-order valence-corrected chi connectivity index (χ3v) is 5.16. The number of hydrogen-bond acceptors (Lipinski definition) is 2. The highest BCUT2D eigenvalue weighted by Crippen LogP contribution is 2.32. The van der Waals surface area contributed by atoms with E-state index in [0.29, 0.717) is 5.69 Å². The fraction of sp³-hybridized carbons (Fsp3) is 0.0476. The van der Waals surface area contributed by atoms with Gasteiger partial charge in [0.05, 0.1) is 5.69 Å². The van der Waals surface area contributed by atoms with E-state index in [1.165, 1.54) is 0 Å². The van der Waals surface area contributed by atoms with Crippen LogP contribution in [0.3, 0.4) is 0 Å². The smallest absolute Gasteiger partial charge is 0.266 e. The van der Waals surface area contributed by atoms with E-state index >= 15 is 0 Å². The van der Waals surface area contributed by atoms with E-state index in [9.17, 15) is 10.1 Å². The van der Waals surface area contributed by atoms with E-state index in [1.54, 1.807) is 6.08 Å². The Morgan fingerprint density at radius 1 is 1.08 bits per heavy atom. The molecule has 0 aliphatic carbocycles. The number of halogens is 2. The number of amides is 1. The zero-order chi connectivity index (χ0) is 18.7. The zero-order valence-electron chi connectivity index (χ0n) is 13.9. The summed E-state index contributed by atoms with van der Waals surface area (Å²) in [5.74, 6) is -0.453. The molecule has 0 aliphatic rings. The van der Waals surface area contributed by atoms with E-state index in [1.807, 2.05) is 67.6 Å². The summed E-state index contributed by atoms with van der Waals surface area (Å²) in [7, 11) is 0. The van der Waals surface area contributed by atoms with Gasteiger partial charge in [-0.1, -0.05) is 42.5 Å². The standard InChI is InChI=1S/C21H14Br2N2O/c1-13-9-18(22)20(19(23)10-13)25-21(26)16(12-24)11-15-7-4-6-14-5-2-3-8-17(14)15/h2-11H,1H3,(H,25,26)/b16-11+. The lowest BCUT2D eigenvalue weighted by molar-refractivity contribution is -0.112. The van der Waals surface area contributed by atoms with Gasteiger partial charge < -0.3 is 5.32 Å². The van der Waals surface area contributed by atoms with Crippen LogP contribution < -0.4 is 5.32 Å². The van der Waals surface area contributed by atoms with Gasteiger partial charge in [0.25, 0.3) is 5.91 Å². The Bertz CT molecular complexity index is 1050. The van der Waals surface area contributed by atoms with Gasteiger partial charge in [0.2, 0.25) is 0 Å². The zero-order valence-corrected chi connectivity index (χ0v) is 17.1. The maximum Gasteiger partial charge on any atom is 0.266 e. The summed E-state index contributed by atoms with van der Waals surface area (Å²) in [6, 6.07) is 19.5. The molecule has 0 saturated heterocycles. The van der Waals surface area contributed by atoms with Gasteiger partial charge in [0.1, 0.15) is 11.6 Å². The second-order valence-electron chi connectivity index (χ2n) is 5.80. The van der Waals surface area contributed by atoms with Crippen molar-refractivity contribution in [3.8, 4) is 6.07 Å². The van der Waals surface area contributed by atoms with Crippen LogP contribution in [0.4, 0.5) is 5.69 Å². The van der Waals surface area contributed by atoms with Crippen molar-refractivity contribution in [2.24, 2.45) is 0 Å². The van der Waals surface area contributed by atoms with Crippen molar-refractivity contribution < 1.29 is 4.79 Å². The minimum atomic E-state index is -0.453. The van der Waals surface area contributed by atoms with E-state index in [-0.39, 0.29) is 5.57 Å². The number of carbonyl (C=O) groups is 1. The van der Waals surface area contributed by atoms with E-state index < -0.39 is 5.91 Å². The average Bonchev–Trinajstić information content (AvgIpc) is 2.62. The summed E-state index contributed by atoms with van der Waals surface area (Å²) in [6.45, 7) is 1.96. The maximum atomic E-state index is 12.6. The quantitative estimate of drug-likeness (QED) is 0.365. The van der Waals surface area contributed by atoms with Crippen molar-refractivity contribution >= 4 is 60.3 Å². The lowest BCUT2D eigenvalue weighted by atomic mass is 10.0. The molecule has 0 heterocycles. The molecule has 0 fully saturated rings. The van der Waals surface area contributed by atoms with Crippen LogP contribution in [0.5, 0.6) is 0 Å². The van der Waals surface area contributed by atoms with Gasteiger partial charge in [0, 0.05) is 8.95 Å². The van der Waals surface area contributed by atoms with Gasteiger partial charge in [-0.15, -0.1) is 0 Å². The number of carbonyl (C=O) groups excluding carboxylic acids is 1. The van der Waals surface area contributed by atoms with Crippen molar-refractivity contribution in [2.45, 2.75) is 6.92 Å². The van der Waals surface area contributed by atoms with Crippen molar-refractivity contribution in [1.29, 1.82) is 5.26 Å². The lowest BCUT2D eigenvalue weighted by Gasteiger charge is -2.10. The molecular weight excluding hydrogens is 456 g/mol. The Morgan fingerprint density at radius 3 is 2.42 bits per heavy atom. The van der Waals surface area contributed by atoms with Crippen LogP contribution in [0, 0.1) is 18.3 Å². The van der Waals surface area contributed by atoms with E-state index in [4.69, 9.17) is 0 Å². The second-order valence-corrected chi connectivity index (χ2v) is 7.50. The molecule has 3 rings (SSSR count). The summed E-state index contributed by atoms with van der Waals surface area (Å²) < 4.78 is 1.50. The Hall–Kier alpha value is -2.42. The number of anilines is 1. The number of fused-ring (bicyclic) bond motifs is 1. The number of hydrogen-bond donors (Lipinski definition) is 1. The van der Waals surface area contributed by atoms with Crippen LogP contribution in [0.25, 0.3) is 16.8 Å². The van der Waals surface area contributed by atoms with Crippen molar-refractivity contribution in [3.63, 3.8) is 0 Å². The number of benzene rings is 3. The number of rotatable bonds is 3. The Balaban J connectivity index is 1.97. The predicted molar refractivity (Wildman–Crippen MR) is 113 cm³/mol. The van der Waals surface area contributed by atoms with Crippen LogP contribution in [0.1, 0.15) is 11.1 Å². The third kappa shape index (κ3) is 3.87. The molecule has 0 radical (unpaired) electrons. The van der Waals surface area contributed by atoms with Gasteiger partial charge in [-0.25, -0.2) is 0 Å². The molecule has 26 heavy (non-hydrogen) atoms. The first-order valence-corrected chi connectivity index (χ1v) is 9.45. The van der Waals surface area contributed by atoms with Crippen LogP contribution >= 0.6 is 31.9 Å². The molecule has 0 atom stereocenters. The van der Waals surface area contributed by atoms with Crippen LogP contribution in [0.15, 0.2) is 69.1 Å². The molecule has 0 aliphatic heterocycles. The highest BCUT2D eigenvalue weighted by molar-refractivity contribution is 9.11. The molecule has 1 N–H and O–H groups in total. The topological polar surface area (TPSA) is 52.9 Å². The molecule has 0 bridgehead atoms. The first kappa shape index (κ1) is 18.4. The van der Waals surface area contributed by atoms with E-state index in [2.05, 4.69) is 37.2 Å². The molecule has 0 unspecified atom stereocenters. The molecule has 3 nitrogen and oxygen atoms in total. The predicted octanol–water partition coefficient (Wildman–Crippen LogP) is 6.22. The third-order valence-electron chi connectivity index (χ3n) is 3.91. The van der Waals surface area contributed by atoms with Crippen molar-refractivity contribution in [3.05, 3.63) is 80.2 Å². The number of nitrogens with one attached hydrogen (secondary N) is 1. The first-order valence-electron chi connectivity index (χ1n) is 7.86. The minimum Gasteiger partial charge on any atom is -0.319 e. The Kier molecular flexibility index (Phi) is 5.55. The van der Waals surface area contributed by atoms with Crippen molar-refractivity contribution in [1.82, 2.24) is 0 Å². The maximum absolute atomic E-state index is 12.6. The molecule has 0 saturated carbocycles. The summed E-state index contributed by atoms with van der Waals surface area (Å²) >= 11 is 6.90. The summed E-state index contributed by atoms with van der Waals surface area (Å²) in [4.78, 5) is 12.6. The Labute approximate surface area is 168 Å². The van der Waals surface area contributed by atoms with Gasteiger partial charge in [-0.05, 0) is 78.9 Å². The average molecular weight is 470 g/mol. The Morgan fingerprint density at radius 2 is 1.73 bits per heavy atom. The number of nitrogens with zero attached hydrogens (tertiary/aromatic N) is 1.